The van der Waals surface area contributed by atoms with Gasteiger partial charge in [0.15, 0.2) is 0 Å². The van der Waals surface area contributed by atoms with Gasteiger partial charge in [0, 0.05) is 30.9 Å². The number of hydrogen-bond acceptors (Lipinski definition) is 2. The predicted molar refractivity (Wildman–Crippen MR) is 68.4 cm³/mol. The number of pyridine rings is 1. The minimum atomic E-state index is -0.210. The van der Waals surface area contributed by atoms with Crippen molar-refractivity contribution in [2.75, 3.05) is 13.1 Å². The Morgan fingerprint density at radius 2 is 1.83 bits per heavy atom. The standard InChI is InChI=1S/C14H18N2O2/c17-13-7-12(5-6-15-13)14(18)16(8-10-1-2-10)9-11-3-4-11/h5-7,10-11H,1-4,8-9H2,(H,15,17). The number of H-pyrrole nitrogens is 1. The largest absolute Gasteiger partial charge is 0.338 e. The van der Waals surface area contributed by atoms with Crippen LogP contribution in [0.15, 0.2) is 23.1 Å². The normalized spacial score (nSPS) is 18.7. The van der Waals surface area contributed by atoms with E-state index < -0.39 is 0 Å². The molecular formula is C14H18N2O2. The fourth-order valence-electron chi connectivity index (χ4n) is 2.22. The second-order valence-corrected chi connectivity index (χ2v) is 5.54. The molecule has 2 aliphatic rings. The number of amides is 1. The Kier molecular flexibility index (Phi) is 2.94. The first kappa shape index (κ1) is 11.5. The zero-order valence-electron chi connectivity index (χ0n) is 10.4. The summed E-state index contributed by atoms with van der Waals surface area (Å²) in [6, 6.07) is 3.09. The van der Waals surface area contributed by atoms with Gasteiger partial charge in [-0.15, -0.1) is 0 Å². The first-order valence-corrected chi connectivity index (χ1v) is 6.70. The number of rotatable bonds is 5. The molecule has 1 N–H and O–H groups in total. The third-order valence-electron chi connectivity index (χ3n) is 3.66. The van der Waals surface area contributed by atoms with Gasteiger partial charge in [-0.25, -0.2) is 0 Å². The molecule has 0 saturated heterocycles. The van der Waals surface area contributed by atoms with E-state index in [1.165, 1.54) is 31.7 Å². The highest BCUT2D eigenvalue weighted by molar-refractivity contribution is 5.94. The van der Waals surface area contributed by atoms with E-state index >= 15 is 0 Å². The number of nitrogens with zero attached hydrogens (tertiary/aromatic N) is 1. The fraction of sp³-hybridized carbons (Fsp3) is 0.571. The summed E-state index contributed by atoms with van der Waals surface area (Å²) in [7, 11) is 0. The monoisotopic (exact) mass is 246 g/mol. The van der Waals surface area contributed by atoms with Gasteiger partial charge in [0.05, 0.1) is 0 Å². The van der Waals surface area contributed by atoms with Crippen LogP contribution in [0.5, 0.6) is 0 Å². The van der Waals surface area contributed by atoms with Crippen LogP contribution in [0, 0.1) is 11.8 Å². The number of aromatic amines is 1. The molecule has 1 heterocycles. The van der Waals surface area contributed by atoms with Crippen molar-refractivity contribution in [2.24, 2.45) is 11.8 Å². The highest BCUT2D eigenvalue weighted by Gasteiger charge is 2.31. The van der Waals surface area contributed by atoms with Crippen LogP contribution in [0.3, 0.4) is 0 Å². The number of carbonyl (C=O) groups excluding carboxylic acids is 1. The van der Waals surface area contributed by atoms with Gasteiger partial charge in [-0.05, 0) is 43.6 Å². The molecule has 4 nitrogen and oxygen atoms in total. The van der Waals surface area contributed by atoms with Gasteiger partial charge < -0.3 is 9.88 Å². The SMILES string of the molecule is O=C(c1cc[nH]c(=O)c1)N(CC1CC1)CC1CC1. The van der Waals surface area contributed by atoms with Crippen LogP contribution in [0.4, 0.5) is 0 Å². The van der Waals surface area contributed by atoms with Gasteiger partial charge in [-0.3, -0.25) is 9.59 Å². The molecule has 1 amide bonds. The summed E-state index contributed by atoms with van der Waals surface area (Å²) >= 11 is 0. The molecule has 1 aromatic rings. The molecule has 0 aliphatic heterocycles. The van der Waals surface area contributed by atoms with E-state index in [9.17, 15) is 9.59 Å². The molecular weight excluding hydrogens is 228 g/mol. The molecule has 3 rings (SSSR count). The quantitative estimate of drug-likeness (QED) is 0.858. The van der Waals surface area contributed by atoms with Crippen LogP contribution >= 0.6 is 0 Å². The van der Waals surface area contributed by atoms with E-state index in [1.54, 1.807) is 12.3 Å². The third-order valence-corrected chi connectivity index (χ3v) is 3.66. The molecule has 0 atom stereocenters. The van der Waals surface area contributed by atoms with E-state index in [2.05, 4.69) is 4.98 Å². The Hall–Kier alpha value is -1.58. The minimum absolute atomic E-state index is 0.0138. The van der Waals surface area contributed by atoms with Crippen LogP contribution in [0.2, 0.25) is 0 Å². The number of hydrogen-bond donors (Lipinski definition) is 1. The average Bonchev–Trinajstić information content (AvgIpc) is 3.22. The second-order valence-electron chi connectivity index (χ2n) is 5.54. The van der Waals surface area contributed by atoms with E-state index in [0.29, 0.717) is 17.4 Å². The summed E-state index contributed by atoms with van der Waals surface area (Å²) in [5.41, 5.74) is 0.304. The van der Waals surface area contributed by atoms with Crippen LogP contribution in [0.1, 0.15) is 36.0 Å². The summed E-state index contributed by atoms with van der Waals surface area (Å²) in [4.78, 5) is 28.2. The summed E-state index contributed by atoms with van der Waals surface area (Å²) < 4.78 is 0. The number of carbonyl (C=O) groups is 1. The van der Waals surface area contributed by atoms with Crippen LogP contribution in [-0.4, -0.2) is 28.9 Å². The lowest BCUT2D eigenvalue weighted by molar-refractivity contribution is 0.0739. The summed E-state index contributed by atoms with van der Waals surface area (Å²) in [6.45, 7) is 1.73. The maximum Gasteiger partial charge on any atom is 0.254 e. The molecule has 4 heteroatoms. The third kappa shape index (κ3) is 2.81. The summed E-state index contributed by atoms with van der Waals surface area (Å²) in [5, 5.41) is 0. The van der Waals surface area contributed by atoms with E-state index in [0.717, 1.165) is 13.1 Å². The summed E-state index contributed by atoms with van der Waals surface area (Å²) in [6.07, 6.45) is 6.50. The Bertz CT molecular complexity index is 487. The molecule has 96 valence electrons. The van der Waals surface area contributed by atoms with E-state index in [4.69, 9.17) is 0 Å². The molecule has 0 unspecified atom stereocenters. The Balaban J connectivity index is 1.74. The predicted octanol–water partition coefficient (Wildman–Crippen LogP) is 1.64. The fourth-order valence-corrected chi connectivity index (χ4v) is 2.22. The van der Waals surface area contributed by atoms with Gasteiger partial charge in [0.1, 0.15) is 0 Å². The zero-order chi connectivity index (χ0) is 12.5. The van der Waals surface area contributed by atoms with Gasteiger partial charge in [0.2, 0.25) is 5.56 Å². The van der Waals surface area contributed by atoms with Gasteiger partial charge in [-0.1, -0.05) is 0 Å². The smallest absolute Gasteiger partial charge is 0.254 e. The lowest BCUT2D eigenvalue weighted by atomic mass is 10.2. The van der Waals surface area contributed by atoms with Gasteiger partial charge in [0.25, 0.3) is 5.91 Å². The van der Waals surface area contributed by atoms with Gasteiger partial charge in [-0.2, -0.15) is 0 Å². The maximum atomic E-state index is 12.4. The second kappa shape index (κ2) is 4.59. The Labute approximate surface area is 106 Å². The van der Waals surface area contributed by atoms with E-state index in [1.807, 2.05) is 4.90 Å². The van der Waals surface area contributed by atoms with Crippen LogP contribution in [-0.2, 0) is 0 Å². The Morgan fingerprint density at radius 3 is 2.33 bits per heavy atom. The topological polar surface area (TPSA) is 53.2 Å². The van der Waals surface area contributed by atoms with Crippen LogP contribution in [0.25, 0.3) is 0 Å². The van der Waals surface area contributed by atoms with Crippen molar-refractivity contribution in [1.29, 1.82) is 0 Å². The first-order chi connectivity index (χ1) is 8.72. The summed E-state index contributed by atoms with van der Waals surface area (Å²) in [5.74, 6) is 1.39. The van der Waals surface area contributed by atoms with Crippen molar-refractivity contribution < 1.29 is 4.79 Å². The highest BCUT2D eigenvalue weighted by atomic mass is 16.2. The lowest BCUT2D eigenvalue weighted by Gasteiger charge is -2.22. The van der Waals surface area contributed by atoms with Crippen molar-refractivity contribution >= 4 is 5.91 Å². The molecule has 18 heavy (non-hydrogen) atoms. The van der Waals surface area contributed by atoms with Crippen molar-refractivity contribution in [3.8, 4) is 0 Å². The maximum absolute atomic E-state index is 12.4. The molecule has 0 radical (unpaired) electrons. The first-order valence-electron chi connectivity index (χ1n) is 6.70. The van der Waals surface area contributed by atoms with Crippen molar-refractivity contribution in [1.82, 2.24) is 9.88 Å². The molecule has 2 fully saturated rings. The number of aromatic nitrogens is 1. The Morgan fingerprint density at radius 1 is 1.22 bits per heavy atom. The molecule has 2 aliphatic carbocycles. The van der Waals surface area contributed by atoms with Crippen molar-refractivity contribution in [3.05, 3.63) is 34.2 Å². The zero-order valence-corrected chi connectivity index (χ0v) is 10.4. The molecule has 0 aromatic carbocycles. The van der Waals surface area contributed by atoms with Gasteiger partial charge >= 0.3 is 0 Å². The highest BCUT2D eigenvalue weighted by Crippen LogP contribution is 2.34. The molecule has 0 spiro atoms. The minimum Gasteiger partial charge on any atom is -0.338 e. The van der Waals surface area contributed by atoms with Crippen molar-refractivity contribution in [2.45, 2.75) is 25.7 Å². The molecule has 0 bridgehead atoms. The van der Waals surface area contributed by atoms with E-state index in [-0.39, 0.29) is 11.5 Å². The number of nitrogens with one attached hydrogen (secondary N) is 1. The lowest BCUT2D eigenvalue weighted by Crippen LogP contribution is -2.35. The van der Waals surface area contributed by atoms with Crippen LogP contribution < -0.4 is 5.56 Å². The average molecular weight is 246 g/mol. The molecule has 2 saturated carbocycles. The molecule has 1 aromatic heterocycles. The van der Waals surface area contributed by atoms with Crippen molar-refractivity contribution in [3.63, 3.8) is 0 Å².